The van der Waals surface area contributed by atoms with Gasteiger partial charge in [-0.3, -0.25) is 9.36 Å². The summed E-state index contributed by atoms with van der Waals surface area (Å²) >= 11 is 2.18. The van der Waals surface area contributed by atoms with E-state index in [1.165, 1.54) is 0 Å². The Morgan fingerprint density at radius 2 is 2.05 bits per heavy atom. The van der Waals surface area contributed by atoms with Gasteiger partial charge >= 0.3 is 0 Å². The van der Waals surface area contributed by atoms with Gasteiger partial charge in [0.15, 0.2) is 5.65 Å². The molecule has 0 atom stereocenters. The van der Waals surface area contributed by atoms with E-state index in [2.05, 4.69) is 47.2 Å². The molecule has 0 spiro atoms. The third-order valence-corrected chi connectivity index (χ3v) is 6.02. The zero-order valence-electron chi connectivity index (χ0n) is 13.2. The van der Waals surface area contributed by atoms with E-state index >= 15 is 0 Å². The Hall–Kier alpha value is -0.673. The van der Waals surface area contributed by atoms with Gasteiger partial charge in [-0.2, -0.15) is 0 Å². The van der Waals surface area contributed by atoms with Crippen molar-refractivity contribution >= 4 is 41.7 Å². The van der Waals surface area contributed by atoms with Gasteiger partial charge in [-0.1, -0.05) is 19.6 Å². The van der Waals surface area contributed by atoms with E-state index in [4.69, 9.17) is 4.74 Å². The first-order valence-electron chi connectivity index (χ1n) is 7.00. The first-order chi connectivity index (χ1) is 9.70. The lowest BCUT2D eigenvalue weighted by Crippen LogP contribution is -2.22. The van der Waals surface area contributed by atoms with Gasteiger partial charge in [0.1, 0.15) is 12.6 Å². The molecule has 2 rings (SSSR count). The highest BCUT2D eigenvalue weighted by Crippen LogP contribution is 2.19. The molecule has 0 unspecified atom stereocenters. The summed E-state index contributed by atoms with van der Waals surface area (Å²) in [4.78, 5) is 16.8. The SMILES string of the molecule is Cc1nc2c(c(I)cn2COCC[Si](C)(C)C)c(=O)n1C. The molecule has 21 heavy (non-hydrogen) atoms. The summed E-state index contributed by atoms with van der Waals surface area (Å²) in [6, 6.07) is 1.14. The lowest BCUT2D eigenvalue weighted by Gasteiger charge is -2.15. The molecule has 0 aromatic carbocycles. The van der Waals surface area contributed by atoms with E-state index < -0.39 is 8.07 Å². The van der Waals surface area contributed by atoms with Gasteiger partial charge < -0.3 is 9.30 Å². The summed E-state index contributed by atoms with van der Waals surface area (Å²) in [5, 5.41) is 0.678. The minimum absolute atomic E-state index is 0.00255. The molecule has 0 aliphatic carbocycles. The number of hydrogen-bond donors (Lipinski definition) is 0. The number of halogens is 1. The third kappa shape index (κ3) is 3.75. The molecule has 5 nitrogen and oxygen atoms in total. The zero-order valence-corrected chi connectivity index (χ0v) is 16.4. The lowest BCUT2D eigenvalue weighted by atomic mass is 10.4. The number of rotatable bonds is 5. The Balaban J connectivity index is 2.24. The minimum Gasteiger partial charge on any atom is -0.361 e. The largest absolute Gasteiger partial charge is 0.361 e. The summed E-state index contributed by atoms with van der Waals surface area (Å²) < 4.78 is 10.2. The zero-order chi connectivity index (χ0) is 15.8. The quantitative estimate of drug-likeness (QED) is 0.426. The maximum Gasteiger partial charge on any atom is 0.263 e. The highest BCUT2D eigenvalue weighted by atomic mass is 127. The Morgan fingerprint density at radius 3 is 2.67 bits per heavy atom. The van der Waals surface area contributed by atoms with Crippen LogP contribution in [0.4, 0.5) is 0 Å². The smallest absolute Gasteiger partial charge is 0.263 e. The van der Waals surface area contributed by atoms with Crippen LogP contribution in [0.25, 0.3) is 11.0 Å². The maximum absolute atomic E-state index is 12.3. The molecule has 0 aliphatic rings. The van der Waals surface area contributed by atoms with Gasteiger partial charge in [0.25, 0.3) is 5.56 Å². The molecule has 7 heteroatoms. The molecule has 0 amide bonds. The Labute approximate surface area is 139 Å². The van der Waals surface area contributed by atoms with Crippen molar-refractivity contribution in [3.63, 3.8) is 0 Å². The molecule has 0 radical (unpaired) electrons. The van der Waals surface area contributed by atoms with Crippen LogP contribution >= 0.6 is 22.6 Å². The van der Waals surface area contributed by atoms with E-state index in [1.54, 1.807) is 11.6 Å². The average molecular weight is 419 g/mol. The predicted molar refractivity (Wildman–Crippen MR) is 96.5 cm³/mol. The van der Waals surface area contributed by atoms with E-state index in [0.717, 1.165) is 16.2 Å². The van der Waals surface area contributed by atoms with E-state index in [-0.39, 0.29) is 5.56 Å². The van der Waals surface area contributed by atoms with E-state index in [1.807, 2.05) is 17.7 Å². The number of fused-ring (bicyclic) bond motifs is 1. The predicted octanol–water partition coefficient (Wildman–Crippen LogP) is 2.96. The van der Waals surface area contributed by atoms with Crippen LogP contribution in [0.15, 0.2) is 11.0 Å². The van der Waals surface area contributed by atoms with Crippen molar-refractivity contribution in [2.24, 2.45) is 7.05 Å². The molecule has 116 valence electrons. The standard InChI is InChI=1S/C14H22IN3O2Si/c1-10-16-13-12(14(19)17(10)2)11(15)8-18(13)9-20-6-7-21(3,4)5/h8H,6-7,9H2,1-5H3. The molecule has 2 heterocycles. The van der Waals surface area contributed by atoms with Crippen LogP contribution < -0.4 is 5.56 Å². The van der Waals surface area contributed by atoms with Crippen molar-refractivity contribution in [3.8, 4) is 0 Å². The van der Waals surface area contributed by atoms with Crippen molar-refractivity contribution in [3.05, 3.63) is 25.9 Å². The second-order valence-electron chi connectivity index (χ2n) is 6.52. The van der Waals surface area contributed by atoms with Crippen LogP contribution in [0.5, 0.6) is 0 Å². The van der Waals surface area contributed by atoms with Crippen LogP contribution in [-0.4, -0.2) is 28.8 Å². The van der Waals surface area contributed by atoms with Gasteiger partial charge in [0.05, 0.1) is 5.39 Å². The van der Waals surface area contributed by atoms with Gasteiger partial charge in [-0.05, 0) is 35.6 Å². The fourth-order valence-electron chi connectivity index (χ4n) is 2.01. The summed E-state index contributed by atoms with van der Waals surface area (Å²) in [6.45, 7) is 10.0. The highest BCUT2D eigenvalue weighted by Gasteiger charge is 2.15. The summed E-state index contributed by atoms with van der Waals surface area (Å²) in [5.41, 5.74) is 0.718. The molecule has 0 aliphatic heterocycles. The van der Waals surface area contributed by atoms with Crippen LogP contribution in [0, 0.1) is 10.5 Å². The lowest BCUT2D eigenvalue weighted by molar-refractivity contribution is 0.0898. The number of aromatic nitrogens is 3. The summed E-state index contributed by atoms with van der Waals surface area (Å²) in [5.74, 6) is 0.713. The summed E-state index contributed by atoms with van der Waals surface area (Å²) in [6.07, 6.45) is 1.94. The van der Waals surface area contributed by atoms with Gasteiger partial charge in [-0.15, -0.1) is 0 Å². The second kappa shape index (κ2) is 6.21. The van der Waals surface area contributed by atoms with Crippen molar-refractivity contribution in [1.29, 1.82) is 0 Å². The molecule has 0 fully saturated rings. The van der Waals surface area contributed by atoms with Crippen LogP contribution in [0.3, 0.4) is 0 Å². The molecule has 0 N–H and O–H groups in total. The second-order valence-corrected chi connectivity index (χ2v) is 13.3. The highest BCUT2D eigenvalue weighted by molar-refractivity contribution is 14.1. The molecule has 2 aromatic rings. The molecule has 0 saturated carbocycles. The van der Waals surface area contributed by atoms with Crippen LogP contribution in [-0.2, 0) is 18.5 Å². The third-order valence-electron chi connectivity index (χ3n) is 3.50. The summed E-state index contributed by atoms with van der Waals surface area (Å²) in [7, 11) is 0.678. The monoisotopic (exact) mass is 419 g/mol. The molecular formula is C14H22IN3O2Si. The van der Waals surface area contributed by atoms with Crippen LogP contribution in [0.1, 0.15) is 5.82 Å². The van der Waals surface area contributed by atoms with E-state index in [0.29, 0.717) is 23.6 Å². The number of nitrogens with zero attached hydrogens (tertiary/aromatic N) is 3. The van der Waals surface area contributed by atoms with Crippen molar-refractivity contribution < 1.29 is 4.74 Å². The van der Waals surface area contributed by atoms with Crippen molar-refractivity contribution in [2.45, 2.75) is 39.3 Å². The first kappa shape index (κ1) is 16.7. The normalized spacial score (nSPS) is 12.3. The minimum atomic E-state index is -1.07. The van der Waals surface area contributed by atoms with Crippen molar-refractivity contribution in [1.82, 2.24) is 14.1 Å². The first-order valence-corrected chi connectivity index (χ1v) is 11.8. The van der Waals surface area contributed by atoms with E-state index in [9.17, 15) is 4.79 Å². The topological polar surface area (TPSA) is 49.1 Å². The average Bonchev–Trinajstić information content (AvgIpc) is 2.67. The fraction of sp³-hybridized carbons (Fsp3) is 0.571. The number of aryl methyl sites for hydroxylation is 1. The number of ether oxygens (including phenoxy) is 1. The number of hydrogen-bond acceptors (Lipinski definition) is 3. The van der Waals surface area contributed by atoms with Gasteiger partial charge in [-0.25, -0.2) is 4.98 Å². The fourth-order valence-corrected chi connectivity index (χ4v) is 3.58. The molecule has 2 aromatic heterocycles. The Kier molecular flexibility index (Phi) is 4.94. The molecular weight excluding hydrogens is 397 g/mol. The Bertz CT molecular complexity index is 716. The van der Waals surface area contributed by atoms with Gasteiger partial charge in [0.2, 0.25) is 0 Å². The van der Waals surface area contributed by atoms with Crippen molar-refractivity contribution in [2.75, 3.05) is 6.61 Å². The van der Waals surface area contributed by atoms with Gasteiger partial charge in [0, 0.05) is 31.5 Å². The Morgan fingerprint density at radius 1 is 1.38 bits per heavy atom. The van der Waals surface area contributed by atoms with Crippen LogP contribution in [0.2, 0.25) is 25.7 Å². The molecule has 0 saturated heterocycles. The molecule has 0 bridgehead atoms. The maximum atomic E-state index is 12.3.